The van der Waals surface area contributed by atoms with E-state index in [4.69, 9.17) is 9.26 Å². The highest BCUT2D eigenvalue weighted by molar-refractivity contribution is 5.00. The number of hydrogen-bond donors (Lipinski definition) is 1. The molecule has 0 bridgehead atoms. The molecule has 0 unspecified atom stereocenters. The molecule has 0 aliphatic rings. The molecule has 1 N–H and O–H groups in total. The average molecular weight is 236 g/mol. The van der Waals surface area contributed by atoms with E-state index in [9.17, 15) is 0 Å². The lowest BCUT2D eigenvalue weighted by Crippen LogP contribution is -2.18. The summed E-state index contributed by atoms with van der Waals surface area (Å²) >= 11 is 0. The molecular weight excluding hydrogens is 220 g/mol. The van der Waals surface area contributed by atoms with Crippen LogP contribution < -0.4 is 5.32 Å². The number of rotatable bonds is 7. The van der Waals surface area contributed by atoms with Crippen LogP contribution in [-0.4, -0.2) is 35.0 Å². The van der Waals surface area contributed by atoms with Crippen LogP contribution in [0, 0.1) is 0 Å². The van der Waals surface area contributed by atoms with Crippen molar-refractivity contribution in [1.29, 1.82) is 0 Å². The van der Waals surface area contributed by atoms with Gasteiger partial charge in [-0.25, -0.2) is 4.98 Å². The monoisotopic (exact) mass is 236 g/mol. The number of hydrogen-bond acceptors (Lipinski definition) is 5. The molecule has 0 saturated heterocycles. The second kappa shape index (κ2) is 6.17. The first-order valence-corrected chi connectivity index (χ1v) is 5.48. The third-order valence-electron chi connectivity index (χ3n) is 2.31. The Kier molecular flexibility index (Phi) is 4.29. The predicted octanol–water partition coefficient (Wildman–Crippen LogP) is 0.655. The van der Waals surface area contributed by atoms with Gasteiger partial charge in [0.25, 0.3) is 0 Å². The lowest BCUT2D eigenvalue weighted by molar-refractivity contribution is 0.199. The topological polar surface area (TPSA) is 65.1 Å². The van der Waals surface area contributed by atoms with E-state index in [1.807, 2.05) is 16.8 Å². The molecular formula is C11H16N4O2. The lowest BCUT2D eigenvalue weighted by Gasteiger charge is -2.00. The molecule has 17 heavy (non-hydrogen) atoms. The number of nitrogens with one attached hydrogen (secondary N) is 1. The van der Waals surface area contributed by atoms with Crippen LogP contribution in [-0.2, 0) is 17.8 Å². The summed E-state index contributed by atoms with van der Waals surface area (Å²) in [5, 5.41) is 6.90. The third kappa shape index (κ3) is 3.69. The zero-order valence-corrected chi connectivity index (χ0v) is 9.80. The van der Waals surface area contributed by atoms with E-state index in [0.29, 0.717) is 13.2 Å². The number of imidazole rings is 1. The molecule has 0 atom stereocenters. The third-order valence-corrected chi connectivity index (χ3v) is 2.31. The summed E-state index contributed by atoms with van der Waals surface area (Å²) in [4.78, 5) is 4.29. The van der Waals surface area contributed by atoms with Crippen LogP contribution in [0.1, 0.15) is 11.5 Å². The smallest absolute Gasteiger partial charge is 0.156 e. The minimum Gasteiger partial charge on any atom is -0.383 e. The van der Waals surface area contributed by atoms with Crippen molar-refractivity contribution in [3.63, 3.8) is 0 Å². The highest BCUT2D eigenvalue weighted by atomic mass is 16.5. The maximum absolute atomic E-state index is 5.03. The Labute approximate surface area is 99.6 Å². The highest BCUT2D eigenvalue weighted by Gasteiger charge is 2.01. The fraction of sp³-hybridized carbons (Fsp3) is 0.455. The van der Waals surface area contributed by atoms with Gasteiger partial charge in [0.15, 0.2) is 5.76 Å². The highest BCUT2D eigenvalue weighted by Crippen LogP contribution is 2.02. The Balaban J connectivity index is 1.79. The minimum absolute atomic E-state index is 0.658. The Bertz CT molecular complexity index is 424. The summed E-state index contributed by atoms with van der Waals surface area (Å²) in [6.45, 7) is 2.93. The molecule has 0 amide bonds. The van der Waals surface area contributed by atoms with Crippen molar-refractivity contribution < 1.29 is 9.26 Å². The van der Waals surface area contributed by atoms with Gasteiger partial charge in [-0.1, -0.05) is 5.16 Å². The van der Waals surface area contributed by atoms with Gasteiger partial charge in [0.2, 0.25) is 0 Å². The minimum atomic E-state index is 0.658. The summed E-state index contributed by atoms with van der Waals surface area (Å²) in [6, 6.07) is 1.84. The molecule has 0 aliphatic carbocycles. The van der Waals surface area contributed by atoms with Crippen molar-refractivity contribution in [1.82, 2.24) is 20.0 Å². The van der Waals surface area contributed by atoms with E-state index in [1.54, 1.807) is 19.6 Å². The van der Waals surface area contributed by atoms with Crippen LogP contribution in [0.25, 0.3) is 0 Å². The van der Waals surface area contributed by atoms with E-state index in [1.165, 1.54) is 0 Å². The second-order valence-corrected chi connectivity index (χ2v) is 3.69. The molecule has 2 rings (SSSR count). The zero-order chi connectivity index (χ0) is 11.9. The van der Waals surface area contributed by atoms with Gasteiger partial charge >= 0.3 is 0 Å². The summed E-state index contributed by atoms with van der Waals surface area (Å²) in [6.07, 6.45) is 5.41. The average Bonchev–Trinajstić information content (AvgIpc) is 2.97. The van der Waals surface area contributed by atoms with Gasteiger partial charge in [-0.05, 0) is 0 Å². The SMILES string of the molecule is COCCNCc1cn(Cc2ccno2)cn1. The molecule has 2 heterocycles. The van der Waals surface area contributed by atoms with Gasteiger partial charge in [-0.15, -0.1) is 0 Å². The normalized spacial score (nSPS) is 10.9. The van der Waals surface area contributed by atoms with Crippen LogP contribution >= 0.6 is 0 Å². The van der Waals surface area contributed by atoms with Crippen molar-refractivity contribution in [3.8, 4) is 0 Å². The summed E-state index contributed by atoms with van der Waals surface area (Å²) < 4.78 is 11.9. The largest absolute Gasteiger partial charge is 0.383 e. The summed E-state index contributed by atoms with van der Waals surface area (Å²) in [7, 11) is 1.69. The first kappa shape index (κ1) is 11.8. The molecule has 6 nitrogen and oxygen atoms in total. The molecule has 2 aromatic heterocycles. The standard InChI is InChI=1S/C11H16N4O2/c1-16-5-4-12-6-10-7-15(9-13-10)8-11-2-3-14-17-11/h2-3,7,9,12H,4-6,8H2,1H3. The molecule has 0 aliphatic heterocycles. The number of aromatic nitrogens is 3. The Hall–Kier alpha value is -1.66. The van der Waals surface area contributed by atoms with Gasteiger partial charge in [0.1, 0.15) is 0 Å². The molecule has 0 aromatic carbocycles. The van der Waals surface area contributed by atoms with Crippen molar-refractivity contribution in [2.75, 3.05) is 20.3 Å². The van der Waals surface area contributed by atoms with E-state index in [2.05, 4.69) is 15.5 Å². The second-order valence-electron chi connectivity index (χ2n) is 3.69. The van der Waals surface area contributed by atoms with Gasteiger partial charge in [-0.2, -0.15) is 0 Å². The van der Waals surface area contributed by atoms with Crippen molar-refractivity contribution in [2.24, 2.45) is 0 Å². The maximum Gasteiger partial charge on any atom is 0.156 e. The number of ether oxygens (including phenoxy) is 1. The van der Waals surface area contributed by atoms with E-state index in [0.717, 1.165) is 24.5 Å². The fourth-order valence-corrected chi connectivity index (χ4v) is 1.48. The van der Waals surface area contributed by atoms with Crippen molar-refractivity contribution >= 4 is 0 Å². The quantitative estimate of drug-likeness (QED) is 0.715. The predicted molar refractivity (Wildman–Crippen MR) is 61.4 cm³/mol. The molecule has 92 valence electrons. The number of nitrogens with zero attached hydrogens (tertiary/aromatic N) is 3. The summed E-state index contributed by atoms with van der Waals surface area (Å²) in [5.41, 5.74) is 1.00. The van der Waals surface area contributed by atoms with E-state index < -0.39 is 0 Å². The maximum atomic E-state index is 5.03. The molecule has 0 radical (unpaired) electrons. The van der Waals surface area contributed by atoms with Crippen molar-refractivity contribution in [3.05, 3.63) is 36.2 Å². The first-order valence-electron chi connectivity index (χ1n) is 5.48. The van der Waals surface area contributed by atoms with Gasteiger partial charge < -0.3 is 19.1 Å². The molecule has 6 heteroatoms. The van der Waals surface area contributed by atoms with Crippen LogP contribution in [0.2, 0.25) is 0 Å². The molecule has 0 spiro atoms. The Morgan fingerprint density at radius 2 is 2.47 bits per heavy atom. The molecule has 0 saturated carbocycles. The Morgan fingerprint density at radius 3 is 3.24 bits per heavy atom. The van der Waals surface area contributed by atoms with Gasteiger partial charge in [-0.3, -0.25) is 0 Å². The van der Waals surface area contributed by atoms with E-state index in [-0.39, 0.29) is 0 Å². The lowest BCUT2D eigenvalue weighted by atomic mass is 10.4. The zero-order valence-electron chi connectivity index (χ0n) is 9.80. The molecule has 2 aromatic rings. The van der Waals surface area contributed by atoms with Gasteiger partial charge in [0.05, 0.1) is 31.4 Å². The summed E-state index contributed by atoms with van der Waals surface area (Å²) in [5.74, 6) is 0.821. The van der Waals surface area contributed by atoms with E-state index >= 15 is 0 Å². The van der Waals surface area contributed by atoms with Crippen LogP contribution in [0.5, 0.6) is 0 Å². The number of methoxy groups -OCH3 is 1. The van der Waals surface area contributed by atoms with Crippen LogP contribution in [0.3, 0.4) is 0 Å². The first-order chi connectivity index (χ1) is 8.38. The Morgan fingerprint density at radius 1 is 1.53 bits per heavy atom. The van der Waals surface area contributed by atoms with Crippen LogP contribution in [0.15, 0.2) is 29.3 Å². The van der Waals surface area contributed by atoms with Crippen LogP contribution in [0.4, 0.5) is 0 Å². The van der Waals surface area contributed by atoms with Gasteiger partial charge in [0, 0.05) is 32.5 Å². The fourth-order valence-electron chi connectivity index (χ4n) is 1.48. The van der Waals surface area contributed by atoms with Crippen molar-refractivity contribution in [2.45, 2.75) is 13.1 Å². The molecule has 0 fully saturated rings.